The Morgan fingerprint density at radius 2 is 1.62 bits per heavy atom. The van der Waals surface area contributed by atoms with Crippen molar-refractivity contribution in [2.45, 2.75) is 4.90 Å². The van der Waals surface area contributed by atoms with Crippen LogP contribution in [0.15, 0.2) is 108 Å². The van der Waals surface area contributed by atoms with Crippen LogP contribution in [0.4, 0.5) is 11.4 Å². The smallest absolute Gasteiger partial charge is 0.272 e. The quantitative estimate of drug-likeness (QED) is 0.199. The predicted octanol–water partition coefficient (Wildman–Crippen LogP) is 4.95. The van der Waals surface area contributed by atoms with Gasteiger partial charge in [0.25, 0.3) is 11.8 Å². The van der Waals surface area contributed by atoms with E-state index in [1.165, 1.54) is 11.8 Å². The molecule has 4 aromatic rings. The van der Waals surface area contributed by atoms with Crippen LogP contribution < -0.4 is 25.4 Å². The Hall–Kier alpha value is -5.09. The molecule has 1 aliphatic heterocycles. The summed E-state index contributed by atoms with van der Waals surface area (Å²) in [6, 6.07) is 24.5. The first kappa shape index (κ1) is 26.5. The number of hydrogen-bond donors (Lipinski definition) is 3. The Morgan fingerprint density at radius 3 is 2.40 bits per heavy atom. The number of carbonyl (C=O) groups is 3. The topological polar surface area (TPSA) is 119 Å². The molecular weight excluding hydrogens is 528 g/mol. The third kappa shape index (κ3) is 7.06. The molecule has 3 N–H and O–H groups in total. The minimum atomic E-state index is -0.489. The van der Waals surface area contributed by atoms with Crippen LogP contribution in [0, 0.1) is 0 Å². The molecule has 0 saturated heterocycles. The average Bonchev–Trinajstić information content (AvgIpc) is 3.45. The number of pyridine rings is 1. The second kappa shape index (κ2) is 12.6. The zero-order chi connectivity index (χ0) is 27.7. The monoisotopic (exact) mass is 552 g/mol. The van der Waals surface area contributed by atoms with Gasteiger partial charge in [-0.15, -0.1) is 11.8 Å². The zero-order valence-corrected chi connectivity index (χ0v) is 21.9. The van der Waals surface area contributed by atoms with E-state index in [1.54, 1.807) is 97.3 Å². The van der Waals surface area contributed by atoms with Crippen LogP contribution in [0.3, 0.4) is 0 Å². The van der Waals surface area contributed by atoms with Gasteiger partial charge in [0.2, 0.25) is 12.7 Å². The molecule has 3 aromatic carbocycles. The molecule has 1 aromatic heterocycles. The van der Waals surface area contributed by atoms with E-state index in [9.17, 15) is 14.4 Å². The molecule has 0 atom stereocenters. The zero-order valence-electron chi connectivity index (χ0n) is 21.1. The number of rotatable bonds is 9. The van der Waals surface area contributed by atoms with Gasteiger partial charge in [0.1, 0.15) is 5.70 Å². The lowest BCUT2D eigenvalue weighted by atomic mass is 10.2. The maximum absolute atomic E-state index is 13.1. The number of amides is 3. The highest BCUT2D eigenvalue weighted by atomic mass is 32.2. The van der Waals surface area contributed by atoms with E-state index in [4.69, 9.17) is 9.47 Å². The molecule has 0 radical (unpaired) electrons. The molecule has 0 unspecified atom stereocenters. The van der Waals surface area contributed by atoms with Gasteiger partial charge in [-0.2, -0.15) is 0 Å². The van der Waals surface area contributed by atoms with E-state index in [0.29, 0.717) is 34.0 Å². The summed E-state index contributed by atoms with van der Waals surface area (Å²) in [6.45, 7) is 0.170. The molecule has 2 heterocycles. The van der Waals surface area contributed by atoms with Crippen molar-refractivity contribution >= 4 is 46.9 Å². The van der Waals surface area contributed by atoms with Gasteiger partial charge in [0.15, 0.2) is 11.5 Å². The van der Waals surface area contributed by atoms with Crippen LogP contribution >= 0.6 is 11.8 Å². The second-order valence-electron chi connectivity index (χ2n) is 8.55. The second-order valence-corrected chi connectivity index (χ2v) is 9.60. The number of nitrogens with zero attached hydrogens (tertiary/aromatic N) is 1. The maximum atomic E-state index is 13.1. The highest BCUT2D eigenvalue weighted by molar-refractivity contribution is 8.00. The van der Waals surface area contributed by atoms with Crippen molar-refractivity contribution in [3.63, 3.8) is 0 Å². The number of aromatic nitrogens is 1. The van der Waals surface area contributed by atoms with Gasteiger partial charge in [-0.25, -0.2) is 0 Å². The molecule has 9 nitrogen and oxygen atoms in total. The van der Waals surface area contributed by atoms with Crippen molar-refractivity contribution in [2.75, 3.05) is 23.2 Å². The fraction of sp³-hybridized carbons (Fsp3) is 0.0667. The number of ether oxygens (including phenoxy) is 2. The molecule has 1 aliphatic rings. The van der Waals surface area contributed by atoms with Crippen molar-refractivity contribution < 1.29 is 23.9 Å². The molecule has 0 aliphatic carbocycles. The van der Waals surface area contributed by atoms with E-state index >= 15 is 0 Å². The number of hydrogen-bond acceptors (Lipinski definition) is 7. The van der Waals surface area contributed by atoms with Gasteiger partial charge in [0.05, 0.1) is 5.75 Å². The van der Waals surface area contributed by atoms with E-state index in [2.05, 4.69) is 20.9 Å². The summed E-state index contributed by atoms with van der Waals surface area (Å²) < 4.78 is 10.6. The van der Waals surface area contributed by atoms with Gasteiger partial charge in [-0.3, -0.25) is 19.4 Å². The van der Waals surface area contributed by atoms with Gasteiger partial charge in [0, 0.05) is 40.3 Å². The molecular formula is C30H24N4O5S. The van der Waals surface area contributed by atoms with Crippen LogP contribution in [0.2, 0.25) is 0 Å². The first-order chi connectivity index (χ1) is 19.5. The van der Waals surface area contributed by atoms with Gasteiger partial charge in [-0.1, -0.05) is 24.3 Å². The van der Waals surface area contributed by atoms with E-state index in [0.717, 1.165) is 4.90 Å². The Labute approximate surface area is 234 Å². The van der Waals surface area contributed by atoms with Gasteiger partial charge >= 0.3 is 0 Å². The number of thioether (sulfide) groups is 1. The average molecular weight is 553 g/mol. The number of fused-ring (bicyclic) bond motifs is 1. The molecule has 200 valence electrons. The van der Waals surface area contributed by atoms with Crippen LogP contribution in [0.25, 0.3) is 6.08 Å². The van der Waals surface area contributed by atoms with Crippen LogP contribution in [0.1, 0.15) is 15.9 Å². The SMILES string of the molecule is O=C(CSc1ccc(NC(=O)/C(=C/c2cccnc2)NC(=O)c2ccccc2)cc1)Nc1ccc2c(c1)OCO2. The first-order valence-electron chi connectivity index (χ1n) is 12.3. The van der Waals surface area contributed by atoms with Gasteiger partial charge in [-0.05, 0) is 66.2 Å². The summed E-state index contributed by atoms with van der Waals surface area (Å²) in [5, 5.41) is 8.35. The normalized spacial score (nSPS) is 11.9. The van der Waals surface area contributed by atoms with Crippen molar-refractivity contribution in [1.82, 2.24) is 10.3 Å². The lowest BCUT2D eigenvalue weighted by molar-refractivity contribution is -0.114. The van der Waals surface area contributed by atoms with Gasteiger partial charge < -0.3 is 25.4 Å². The Morgan fingerprint density at radius 1 is 0.850 bits per heavy atom. The predicted molar refractivity (Wildman–Crippen MR) is 153 cm³/mol. The Bertz CT molecular complexity index is 1540. The van der Waals surface area contributed by atoms with Crippen molar-refractivity contribution in [2.24, 2.45) is 0 Å². The third-order valence-corrected chi connectivity index (χ3v) is 6.67. The number of nitrogens with one attached hydrogen (secondary N) is 3. The standard InChI is InChI=1S/C30H24N4O5S/c35-28(32-23-10-13-26-27(16-23)39-19-38-26)18-40-24-11-8-22(9-12-24)33-30(37)25(15-20-5-4-14-31-17-20)34-29(36)21-6-2-1-3-7-21/h1-17H,18-19H2,(H,32,35)(H,33,37)(H,34,36)/b25-15-. The fourth-order valence-electron chi connectivity index (χ4n) is 3.72. The molecule has 0 bridgehead atoms. The highest BCUT2D eigenvalue weighted by Crippen LogP contribution is 2.34. The van der Waals surface area contributed by atoms with E-state index in [-0.39, 0.29) is 24.2 Å². The first-order valence-corrected chi connectivity index (χ1v) is 13.2. The van der Waals surface area contributed by atoms with E-state index in [1.807, 2.05) is 6.07 Å². The van der Waals surface area contributed by atoms with E-state index < -0.39 is 11.8 Å². The highest BCUT2D eigenvalue weighted by Gasteiger charge is 2.16. The minimum absolute atomic E-state index is 0.0699. The molecule has 0 saturated carbocycles. The molecule has 0 spiro atoms. The Balaban J connectivity index is 1.19. The molecule has 3 amide bonds. The summed E-state index contributed by atoms with van der Waals surface area (Å²) in [5.41, 5.74) is 2.32. The van der Waals surface area contributed by atoms with Crippen LogP contribution in [-0.4, -0.2) is 35.3 Å². The number of anilines is 2. The summed E-state index contributed by atoms with van der Waals surface area (Å²) in [7, 11) is 0. The summed E-state index contributed by atoms with van der Waals surface area (Å²) in [6.07, 6.45) is 4.78. The summed E-state index contributed by atoms with van der Waals surface area (Å²) in [4.78, 5) is 43.2. The van der Waals surface area contributed by atoms with Crippen LogP contribution in [0.5, 0.6) is 11.5 Å². The fourth-order valence-corrected chi connectivity index (χ4v) is 4.42. The molecule has 5 rings (SSSR count). The Kier molecular flexibility index (Phi) is 8.38. The van der Waals surface area contributed by atoms with Crippen LogP contribution in [-0.2, 0) is 9.59 Å². The van der Waals surface area contributed by atoms with Crippen molar-refractivity contribution in [3.05, 3.63) is 114 Å². The number of benzene rings is 3. The molecule has 10 heteroatoms. The minimum Gasteiger partial charge on any atom is -0.454 e. The lowest BCUT2D eigenvalue weighted by Gasteiger charge is -2.12. The van der Waals surface area contributed by atoms with Crippen molar-refractivity contribution in [3.8, 4) is 11.5 Å². The molecule has 0 fully saturated rings. The summed E-state index contributed by atoms with van der Waals surface area (Å²) in [5.74, 6) is 0.386. The maximum Gasteiger partial charge on any atom is 0.272 e. The largest absolute Gasteiger partial charge is 0.454 e. The van der Waals surface area contributed by atoms with Crippen molar-refractivity contribution in [1.29, 1.82) is 0 Å². The molecule has 40 heavy (non-hydrogen) atoms. The third-order valence-electron chi connectivity index (χ3n) is 5.66. The number of carbonyl (C=O) groups excluding carboxylic acids is 3. The lowest BCUT2D eigenvalue weighted by Crippen LogP contribution is -2.30. The summed E-state index contributed by atoms with van der Waals surface area (Å²) >= 11 is 1.36.